The maximum Gasteiger partial charge on any atom is 0.410 e. The van der Waals surface area contributed by atoms with Crippen LogP contribution in [0.2, 0.25) is 0 Å². The molecule has 9 nitrogen and oxygen atoms in total. The number of amides is 2. The van der Waals surface area contributed by atoms with Gasteiger partial charge in [0.15, 0.2) is 0 Å². The van der Waals surface area contributed by atoms with Gasteiger partial charge in [0.1, 0.15) is 13.3 Å². The molecule has 0 atom stereocenters. The van der Waals surface area contributed by atoms with Crippen molar-refractivity contribution in [3.63, 3.8) is 0 Å². The summed E-state index contributed by atoms with van der Waals surface area (Å²) in [6.07, 6.45) is 2.12. The van der Waals surface area contributed by atoms with Crippen molar-refractivity contribution in [1.29, 1.82) is 0 Å². The average molecular weight is 422 g/mol. The van der Waals surface area contributed by atoms with Gasteiger partial charge in [0.05, 0.1) is 10.5 Å². The van der Waals surface area contributed by atoms with E-state index in [2.05, 4.69) is 0 Å². The Balaban J connectivity index is 1.75. The van der Waals surface area contributed by atoms with E-state index < -0.39 is 17.7 Å². The van der Waals surface area contributed by atoms with Gasteiger partial charge in [-0.3, -0.25) is 19.8 Å². The molecular formula is C20H27FN4O5. The number of carbonyl (C=O) groups is 2. The maximum absolute atomic E-state index is 13.2. The molecule has 1 aromatic rings. The van der Waals surface area contributed by atoms with Crippen LogP contribution < -0.4 is 0 Å². The number of hydrogen-bond donors (Lipinski definition) is 0. The Bertz CT molecular complexity index is 784. The standard InChI is InChI=1S/C20H27FN4O5/c21-6-11-22-7-3-10-23(13-12-22)19(26)18-14-17(25(28)29)5-4-16(18)15-30-20(27)24-8-1-2-9-24/h4-5,14H,1-3,6-13,15H2. The third kappa shape index (κ3) is 5.44. The Morgan fingerprint density at radius 3 is 2.47 bits per heavy atom. The first-order chi connectivity index (χ1) is 14.5. The molecule has 0 unspecified atom stereocenters. The van der Waals surface area contributed by atoms with Crippen molar-refractivity contribution in [3.05, 3.63) is 39.4 Å². The summed E-state index contributed by atoms with van der Waals surface area (Å²) < 4.78 is 18.0. The number of ether oxygens (including phenoxy) is 1. The zero-order valence-corrected chi connectivity index (χ0v) is 16.9. The molecule has 2 saturated heterocycles. The molecule has 0 N–H and O–H groups in total. The molecule has 0 spiro atoms. The number of hydrogen-bond acceptors (Lipinski definition) is 6. The van der Waals surface area contributed by atoms with Crippen LogP contribution in [-0.2, 0) is 11.3 Å². The van der Waals surface area contributed by atoms with Gasteiger partial charge in [-0.2, -0.15) is 0 Å². The Morgan fingerprint density at radius 1 is 1.03 bits per heavy atom. The van der Waals surface area contributed by atoms with Crippen molar-refractivity contribution in [2.45, 2.75) is 25.9 Å². The van der Waals surface area contributed by atoms with E-state index in [0.717, 1.165) is 12.8 Å². The minimum Gasteiger partial charge on any atom is -0.445 e. The van der Waals surface area contributed by atoms with Crippen LogP contribution in [0, 0.1) is 10.1 Å². The van der Waals surface area contributed by atoms with Crippen LogP contribution in [0.4, 0.5) is 14.9 Å². The average Bonchev–Trinajstić information content (AvgIpc) is 3.19. The van der Waals surface area contributed by atoms with Crippen LogP contribution in [0.15, 0.2) is 18.2 Å². The highest BCUT2D eigenvalue weighted by atomic mass is 19.1. The Kier molecular flexibility index (Phi) is 7.56. The summed E-state index contributed by atoms with van der Waals surface area (Å²) in [7, 11) is 0. The second-order valence-corrected chi connectivity index (χ2v) is 7.52. The smallest absolute Gasteiger partial charge is 0.410 e. The Morgan fingerprint density at radius 2 is 1.77 bits per heavy atom. The number of carbonyl (C=O) groups excluding carboxylic acids is 2. The Hall–Kier alpha value is -2.75. The second-order valence-electron chi connectivity index (χ2n) is 7.52. The number of nitrogens with zero attached hydrogens (tertiary/aromatic N) is 4. The van der Waals surface area contributed by atoms with E-state index in [0.29, 0.717) is 57.8 Å². The van der Waals surface area contributed by atoms with E-state index in [4.69, 9.17) is 4.74 Å². The molecule has 2 aliphatic heterocycles. The zero-order valence-electron chi connectivity index (χ0n) is 16.9. The van der Waals surface area contributed by atoms with Gasteiger partial charge < -0.3 is 14.5 Å². The van der Waals surface area contributed by atoms with E-state index in [1.165, 1.54) is 18.2 Å². The van der Waals surface area contributed by atoms with Crippen LogP contribution in [-0.4, -0.2) is 84.1 Å². The van der Waals surface area contributed by atoms with E-state index in [9.17, 15) is 24.1 Å². The fourth-order valence-corrected chi connectivity index (χ4v) is 3.82. The minimum atomic E-state index is -0.553. The van der Waals surface area contributed by atoms with Crippen LogP contribution >= 0.6 is 0 Å². The van der Waals surface area contributed by atoms with Gasteiger partial charge in [0, 0.05) is 57.0 Å². The van der Waals surface area contributed by atoms with Gasteiger partial charge in [-0.25, -0.2) is 9.18 Å². The van der Waals surface area contributed by atoms with Gasteiger partial charge in [-0.1, -0.05) is 0 Å². The quantitative estimate of drug-likeness (QED) is 0.516. The number of nitro benzene ring substituents is 1. The second kappa shape index (κ2) is 10.3. The molecule has 2 aliphatic rings. The summed E-state index contributed by atoms with van der Waals surface area (Å²) in [5.41, 5.74) is 0.405. The fraction of sp³-hybridized carbons (Fsp3) is 0.600. The van der Waals surface area contributed by atoms with Gasteiger partial charge in [0.25, 0.3) is 11.6 Å². The summed E-state index contributed by atoms with van der Waals surface area (Å²) in [6.45, 7) is 3.19. The number of likely N-dealkylation sites (tertiary alicyclic amines) is 1. The molecule has 2 fully saturated rings. The lowest BCUT2D eigenvalue weighted by atomic mass is 10.1. The predicted octanol–water partition coefficient (Wildman–Crippen LogP) is 2.44. The first-order valence-corrected chi connectivity index (χ1v) is 10.3. The number of halogens is 1. The lowest BCUT2D eigenvalue weighted by molar-refractivity contribution is -0.384. The SMILES string of the molecule is O=C(OCc1ccc([N+](=O)[O-])cc1C(=O)N1CCCN(CCF)CC1)N1CCCC1. The molecule has 2 heterocycles. The molecule has 10 heteroatoms. The molecule has 0 bridgehead atoms. The van der Waals surface area contributed by atoms with E-state index in [1.807, 2.05) is 4.90 Å². The molecule has 164 valence electrons. The molecule has 2 amide bonds. The number of nitro groups is 1. The van der Waals surface area contributed by atoms with Gasteiger partial charge in [-0.15, -0.1) is 0 Å². The minimum absolute atomic E-state index is 0.129. The largest absolute Gasteiger partial charge is 0.445 e. The number of non-ortho nitro benzene ring substituents is 1. The highest BCUT2D eigenvalue weighted by Gasteiger charge is 2.25. The molecule has 1 aromatic carbocycles. The van der Waals surface area contributed by atoms with Crippen LogP contribution in [0.25, 0.3) is 0 Å². The lowest BCUT2D eigenvalue weighted by Crippen LogP contribution is -2.36. The topological polar surface area (TPSA) is 96.2 Å². The summed E-state index contributed by atoms with van der Waals surface area (Å²) in [5.74, 6) is -0.340. The lowest BCUT2D eigenvalue weighted by Gasteiger charge is -2.23. The van der Waals surface area contributed by atoms with Gasteiger partial charge >= 0.3 is 6.09 Å². The third-order valence-electron chi connectivity index (χ3n) is 5.53. The summed E-state index contributed by atoms with van der Waals surface area (Å²) in [5, 5.41) is 11.2. The maximum atomic E-state index is 13.2. The van der Waals surface area contributed by atoms with Crippen LogP contribution in [0.5, 0.6) is 0 Å². The van der Waals surface area contributed by atoms with Crippen molar-refractivity contribution in [3.8, 4) is 0 Å². The highest BCUT2D eigenvalue weighted by Crippen LogP contribution is 2.22. The summed E-state index contributed by atoms with van der Waals surface area (Å²) in [4.78, 5) is 41.2. The van der Waals surface area contributed by atoms with Gasteiger partial charge in [-0.05, 0) is 31.9 Å². The molecular weight excluding hydrogens is 395 g/mol. The summed E-state index contributed by atoms with van der Waals surface area (Å²) >= 11 is 0. The van der Waals surface area contributed by atoms with E-state index >= 15 is 0 Å². The molecule has 3 rings (SSSR count). The van der Waals surface area contributed by atoms with Gasteiger partial charge in [0.2, 0.25) is 0 Å². The van der Waals surface area contributed by atoms with Crippen LogP contribution in [0.3, 0.4) is 0 Å². The van der Waals surface area contributed by atoms with Crippen LogP contribution in [0.1, 0.15) is 35.2 Å². The first kappa shape index (κ1) is 21.9. The number of rotatable bonds is 6. The molecule has 0 aromatic heterocycles. The monoisotopic (exact) mass is 422 g/mol. The fourth-order valence-electron chi connectivity index (χ4n) is 3.82. The molecule has 0 saturated carbocycles. The zero-order chi connectivity index (χ0) is 21.5. The van der Waals surface area contributed by atoms with E-state index in [-0.39, 0.29) is 23.8 Å². The van der Waals surface area contributed by atoms with Crippen molar-refractivity contribution in [2.75, 3.05) is 52.5 Å². The Labute approximate surface area is 174 Å². The first-order valence-electron chi connectivity index (χ1n) is 10.3. The highest BCUT2D eigenvalue weighted by molar-refractivity contribution is 5.96. The molecule has 0 aliphatic carbocycles. The number of alkyl halides is 1. The van der Waals surface area contributed by atoms with Crippen molar-refractivity contribution in [2.24, 2.45) is 0 Å². The summed E-state index contributed by atoms with van der Waals surface area (Å²) in [6, 6.07) is 4.02. The van der Waals surface area contributed by atoms with E-state index in [1.54, 1.807) is 9.80 Å². The molecule has 0 radical (unpaired) electrons. The third-order valence-corrected chi connectivity index (χ3v) is 5.53. The molecule has 30 heavy (non-hydrogen) atoms. The van der Waals surface area contributed by atoms with Crippen molar-refractivity contribution >= 4 is 17.7 Å². The normalized spacial score (nSPS) is 17.6. The predicted molar refractivity (Wildman–Crippen MR) is 107 cm³/mol. The number of benzene rings is 1. The van der Waals surface area contributed by atoms with Crippen molar-refractivity contribution in [1.82, 2.24) is 14.7 Å². The van der Waals surface area contributed by atoms with Crippen molar-refractivity contribution < 1.29 is 23.6 Å².